The molecule has 0 fully saturated rings. The lowest BCUT2D eigenvalue weighted by molar-refractivity contribution is -0.114. The summed E-state index contributed by atoms with van der Waals surface area (Å²) in [6.45, 7) is 3.43. The molecule has 0 spiro atoms. The van der Waals surface area contributed by atoms with Crippen LogP contribution in [0.3, 0.4) is 0 Å². The molecule has 3 aromatic rings. The molecule has 0 bridgehead atoms. The smallest absolute Gasteiger partial charge is 0.266 e. The van der Waals surface area contributed by atoms with Gasteiger partial charge in [-0.15, -0.1) is 11.3 Å². The number of rotatable bonds is 4. The van der Waals surface area contributed by atoms with E-state index in [1.807, 2.05) is 42.6 Å². The Morgan fingerprint density at radius 1 is 1.00 bits per heavy atom. The molecule has 0 unspecified atom stereocenters. The average molecular weight is 385 g/mol. The van der Waals surface area contributed by atoms with Gasteiger partial charge >= 0.3 is 0 Å². The van der Waals surface area contributed by atoms with Crippen LogP contribution in [-0.4, -0.2) is 11.8 Å². The molecular weight excluding hydrogens is 368 g/mol. The van der Waals surface area contributed by atoms with Crippen molar-refractivity contribution in [3.8, 4) is 11.1 Å². The van der Waals surface area contributed by atoms with Crippen molar-refractivity contribution in [1.29, 1.82) is 0 Å². The molecule has 0 aliphatic carbocycles. The topological polar surface area (TPSA) is 58.2 Å². The van der Waals surface area contributed by atoms with E-state index >= 15 is 0 Å². The van der Waals surface area contributed by atoms with Crippen molar-refractivity contribution >= 4 is 46.1 Å². The number of carbonyl (C=O) groups is 2. The summed E-state index contributed by atoms with van der Waals surface area (Å²) in [5, 5.41) is 7.82. The Balaban J connectivity index is 1.84. The molecule has 6 heteroatoms. The highest BCUT2D eigenvalue weighted by molar-refractivity contribution is 7.12. The first-order chi connectivity index (χ1) is 12.4. The van der Waals surface area contributed by atoms with E-state index in [2.05, 4.69) is 10.6 Å². The molecular formula is C20H17ClN2O2S. The maximum atomic E-state index is 12.7. The van der Waals surface area contributed by atoms with Crippen LogP contribution in [0.2, 0.25) is 5.02 Å². The van der Waals surface area contributed by atoms with Gasteiger partial charge in [0.05, 0.1) is 15.6 Å². The van der Waals surface area contributed by atoms with Crippen molar-refractivity contribution in [2.45, 2.75) is 13.8 Å². The number of thiophene rings is 1. The Labute approximate surface area is 160 Å². The van der Waals surface area contributed by atoms with Crippen molar-refractivity contribution in [2.75, 3.05) is 10.6 Å². The van der Waals surface area contributed by atoms with E-state index in [1.165, 1.54) is 23.8 Å². The van der Waals surface area contributed by atoms with Gasteiger partial charge < -0.3 is 10.6 Å². The standard InChI is InChI=1S/C20H17ClN2O2S/c1-12-3-5-14(6-4-12)16-9-10-26-19(16)20(25)23-15-7-8-17(21)18(11-15)22-13(2)24/h3-11H,1-2H3,(H,22,24)(H,23,25). The molecule has 1 heterocycles. The normalized spacial score (nSPS) is 10.4. The summed E-state index contributed by atoms with van der Waals surface area (Å²) in [6, 6.07) is 15.0. The SMILES string of the molecule is CC(=O)Nc1cc(NC(=O)c2sccc2-c2ccc(C)cc2)ccc1Cl. The number of hydrogen-bond donors (Lipinski definition) is 2. The Kier molecular flexibility index (Phi) is 5.40. The zero-order chi connectivity index (χ0) is 18.7. The minimum Gasteiger partial charge on any atom is -0.325 e. The van der Waals surface area contributed by atoms with Gasteiger partial charge in [0.25, 0.3) is 5.91 Å². The fourth-order valence-corrected chi connectivity index (χ4v) is 3.50. The maximum absolute atomic E-state index is 12.7. The van der Waals surface area contributed by atoms with Crippen molar-refractivity contribution in [1.82, 2.24) is 0 Å². The van der Waals surface area contributed by atoms with Crippen LogP contribution >= 0.6 is 22.9 Å². The number of aryl methyl sites for hydroxylation is 1. The molecule has 3 rings (SSSR count). The molecule has 2 N–H and O–H groups in total. The van der Waals surface area contributed by atoms with Crippen LogP contribution in [0.4, 0.5) is 11.4 Å². The van der Waals surface area contributed by atoms with Crippen LogP contribution in [0.1, 0.15) is 22.2 Å². The predicted octanol–water partition coefficient (Wildman–Crippen LogP) is 5.59. The quantitative estimate of drug-likeness (QED) is 0.616. The lowest BCUT2D eigenvalue weighted by Crippen LogP contribution is -2.12. The number of halogens is 1. The third-order valence-corrected chi connectivity index (χ3v) is 5.01. The van der Waals surface area contributed by atoms with E-state index in [-0.39, 0.29) is 11.8 Å². The second-order valence-corrected chi connectivity index (χ2v) is 7.18. The van der Waals surface area contributed by atoms with Crippen LogP contribution in [0.15, 0.2) is 53.9 Å². The van der Waals surface area contributed by atoms with Gasteiger partial charge in [0.1, 0.15) is 0 Å². The van der Waals surface area contributed by atoms with Crippen LogP contribution < -0.4 is 10.6 Å². The molecule has 1 aromatic heterocycles. The summed E-state index contributed by atoms with van der Waals surface area (Å²) in [5.74, 6) is -0.429. The summed E-state index contributed by atoms with van der Waals surface area (Å²) < 4.78 is 0. The van der Waals surface area contributed by atoms with Crippen LogP contribution in [0.5, 0.6) is 0 Å². The maximum Gasteiger partial charge on any atom is 0.266 e. The summed E-state index contributed by atoms with van der Waals surface area (Å²) in [5.41, 5.74) is 4.08. The van der Waals surface area contributed by atoms with E-state index in [0.717, 1.165) is 11.1 Å². The number of hydrogen-bond acceptors (Lipinski definition) is 3. The lowest BCUT2D eigenvalue weighted by Gasteiger charge is -2.10. The van der Waals surface area contributed by atoms with E-state index in [1.54, 1.807) is 18.2 Å². The molecule has 2 aromatic carbocycles. The molecule has 4 nitrogen and oxygen atoms in total. The number of anilines is 2. The molecule has 0 aliphatic heterocycles. The highest BCUT2D eigenvalue weighted by atomic mass is 35.5. The number of amides is 2. The Bertz CT molecular complexity index is 964. The molecule has 2 amide bonds. The first-order valence-electron chi connectivity index (χ1n) is 7.97. The van der Waals surface area contributed by atoms with Gasteiger partial charge in [0.2, 0.25) is 5.91 Å². The van der Waals surface area contributed by atoms with Crippen molar-refractivity contribution in [2.24, 2.45) is 0 Å². The molecule has 132 valence electrons. The zero-order valence-corrected chi connectivity index (χ0v) is 15.9. The lowest BCUT2D eigenvalue weighted by atomic mass is 10.0. The van der Waals surface area contributed by atoms with E-state index in [4.69, 9.17) is 11.6 Å². The fourth-order valence-electron chi connectivity index (χ4n) is 2.52. The zero-order valence-electron chi connectivity index (χ0n) is 14.3. The fraction of sp³-hybridized carbons (Fsp3) is 0.100. The average Bonchev–Trinajstić information content (AvgIpc) is 3.08. The predicted molar refractivity (Wildman–Crippen MR) is 108 cm³/mol. The van der Waals surface area contributed by atoms with Crippen LogP contribution in [-0.2, 0) is 4.79 Å². The minimum absolute atomic E-state index is 0.202. The Morgan fingerprint density at radius 2 is 1.73 bits per heavy atom. The second-order valence-electron chi connectivity index (χ2n) is 5.86. The highest BCUT2D eigenvalue weighted by Crippen LogP contribution is 2.30. The molecule has 26 heavy (non-hydrogen) atoms. The third kappa shape index (κ3) is 4.12. The molecule has 0 saturated carbocycles. The first kappa shape index (κ1) is 18.2. The molecule has 0 atom stereocenters. The molecule has 0 aliphatic rings. The van der Waals surface area contributed by atoms with E-state index in [9.17, 15) is 9.59 Å². The van der Waals surface area contributed by atoms with Crippen molar-refractivity contribution in [3.63, 3.8) is 0 Å². The molecule has 0 saturated heterocycles. The van der Waals surface area contributed by atoms with Gasteiger partial charge in [-0.25, -0.2) is 0 Å². The molecule has 0 radical (unpaired) electrons. The number of benzene rings is 2. The van der Waals surface area contributed by atoms with Crippen LogP contribution in [0, 0.1) is 6.92 Å². The van der Waals surface area contributed by atoms with Gasteiger partial charge in [-0.05, 0) is 42.1 Å². The highest BCUT2D eigenvalue weighted by Gasteiger charge is 2.15. The second kappa shape index (κ2) is 7.72. The first-order valence-corrected chi connectivity index (χ1v) is 9.23. The third-order valence-electron chi connectivity index (χ3n) is 3.77. The summed E-state index contributed by atoms with van der Waals surface area (Å²) in [4.78, 5) is 24.6. The van der Waals surface area contributed by atoms with Gasteiger partial charge in [-0.2, -0.15) is 0 Å². The minimum atomic E-state index is -0.227. The number of carbonyl (C=O) groups excluding carboxylic acids is 2. The van der Waals surface area contributed by atoms with Gasteiger partial charge in [0, 0.05) is 18.2 Å². The Hall–Kier alpha value is -2.63. The van der Waals surface area contributed by atoms with Crippen molar-refractivity contribution < 1.29 is 9.59 Å². The monoisotopic (exact) mass is 384 g/mol. The Morgan fingerprint density at radius 3 is 2.42 bits per heavy atom. The largest absolute Gasteiger partial charge is 0.325 e. The van der Waals surface area contributed by atoms with Gasteiger partial charge in [-0.1, -0.05) is 41.4 Å². The summed E-state index contributed by atoms with van der Waals surface area (Å²) in [6.07, 6.45) is 0. The number of nitrogens with one attached hydrogen (secondary N) is 2. The summed E-state index contributed by atoms with van der Waals surface area (Å²) >= 11 is 7.46. The van der Waals surface area contributed by atoms with Gasteiger partial charge in [0.15, 0.2) is 0 Å². The van der Waals surface area contributed by atoms with E-state index in [0.29, 0.717) is 21.3 Å². The van der Waals surface area contributed by atoms with Gasteiger partial charge in [-0.3, -0.25) is 9.59 Å². The van der Waals surface area contributed by atoms with E-state index < -0.39 is 0 Å². The van der Waals surface area contributed by atoms with Crippen LogP contribution in [0.25, 0.3) is 11.1 Å². The summed E-state index contributed by atoms with van der Waals surface area (Å²) in [7, 11) is 0. The van der Waals surface area contributed by atoms with Crippen molar-refractivity contribution in [3.05, 3.63) is 69.4 Å².